The van der Waals surface area contributed by atoms with Gasteiger partial charge in [-0.3, -0.25) is 14.3 Å². The molecule has 0 bridgehead atoms. The van der Waals surface area contributed by atoms with Crippen LogP contribution in [0.3, 0.4) is 0 Å². The number of rotatable bonds is 7. The number of fused-ring (bicyclic) bond motifs is 1. The molecule has 36 heavy (non-hydrogen) atoms. The van der Waals surface area contributed by atoms with Crippen LogP contribution in [0.15, 0.2) is 67.9 Å². The van der Waals surface area contributed by atoms with Gasteiger partial charge in [0.2, 0.25) is 0 Å². The maximum Gasteiger partial charge on any atom is 0.255 e. The Labute approximate surface area is 210 Å². The zero-order valence-electron chi connectivity index (χ0n) is 18.8. The van der Waals surface area contributed by atoms with Crippen LogP contribution in [0.5, 0.6) is 0 Å². The van der Waals surface area contributed by atoms with E-state index in [1.807, 2.05) is 30.3 Å². The molecular weight excluding hydrogens is 486 g/mol. The van der Waals surface area contributed by atoms with Gasteiger partial charge in [0, 0.05) is 24.5 Å². The van der Waals surface area contributed by atoms with E-state index in [9.17, 15) is 15.0 Å². The van der Waals surface area contributed by atoms with E-state index in [0.29, 0.717) is 39.9 Å². The van der Waals surface area contributed by atoms with Crippen molar-refractivity contribution in [3.63, 3.8) is 0 Å². The number of carbonyl (C=O) groups excluding carboxylic acids is 1. The summed E-state index contributed by atoms with van der Waals surface area (Å²) < 4.78 is 7.20. The number of imidazole rings is 1. The van der Waals surface area contributed by atoms with E-state index >= 15 is 0 Å². The molecule has 4 atom stereocenters. The minimum Gasteiger partial charge on any atom is -0.387 e. The Kier molecular flexibility index (Phi) is 6.61. The third kappa shape index (κ3) is 4.52. The first kappa shape index (κ1) is 23.8. The number of nitrogens with zero attached hydrogens (tertiary/aromatic N) is 5. The van der Waals surface area contributed by atoms with Crippen LogP contribution in [0.2, 0.25) is 5.02 Å². The molecule has 1 fully saturated rings. The highest BCUT2D eigenvalue weighted by atomic mass is 35.5. The minimum atomic E-state index is -1.47. The summed E-state index contributed by atoms with van der Waals surface area (Å²) in [6, 6.07) is 11.4. The second kappa shape index (κ2) is 9.99. The van der Waals surface area contributed by atoms with Gasteiger partial charge in [-0.25, -0.2) is 15.0 Å². The molecule has 0 radical (unpaired) electrons. The number of pyridine rings is 1. The Morgan fingerprint density at radius 3 is 2.75 bits per heavy atom. The summed E-state index contributed by atoms with van der Waals surface area (Å²) in [6.07, 6.45) is 0.338. The van der Waals surface area contributed by atoms with Gasteiger partial charge in [-0.05, 0) is 17.8 Å². The summed E-state index contributed by atoms with van der Waals surface area (Å²) in [5.74, 6) is 0.115. The molecule has 3 aromatic heterocycles. The van der Waals surface area contributed by atoms with Crippen LogP contribution in [0.4, 0.5) is 5.82 Å². The molecule has 11 nitrogen and oxygen atoms in total. The van der Waals surface area contributed by atoms with E-state index in [1.54, 1.807) is 12.3 Å². The smallest absolute Gasteiger partial charge is 0.255 e. The largest absolute Gasteiger partial charge is 0.387 e. The van der Waals surface area contributed by atoms with Gasteiger partial charge in [-0.2, -0.15) is 0 Å². The summed E-state index contributed by atoms with van der Waals surface area (Å²) in [7, 11) is 0. The van der Waals surface area contributed by atoms with E-state index in [4.69, 9.17) is 16.3 Å². The molecule has 0 aliphatic carbocycles. The summed E-state index contributed by atoms with van der Waals surface area (Å²) in [6.45, 7) is 3.90. The van der Waals surface area contributed by atoms with Gasteiger partial charge >= 0.3 is 0 Å². The molecule has 1 aromatic carbocycles. The molecule has 1 aliphatic rings. The zero-order chi connectivity index (χ0) is 25.2. The van der Waals surface area contributed by atoms with E-state index in [1.165, 1.54) is 23.3 Å². The number of carbonyl (C=O) groups is 1. The van der Waals surface area contributed by atoms with E-state index < -0.39 is 30.4 Å². The monoisotopic (exact) mass is 507 g/mol. The number of ether oxygens (including phenoxy) is 1. The number of hydrogen-bond donors (Lipinski definition) is 4. The molecule has 0 unspecified atom stereocenters. The van der Waals surface area contributed by atoms with Crippen LogP contribution < -0.4 is 10.6 Å². The molecule has 4 aromatic rings. The predicted molar refractivity (Wildman–Crippen MR) is 132 cm³/mol. The van der Waals surface area contributed by atoms with Crippen LogP contribution in [0, 0.1) is 0 Å². The van der Waals surface area contributed by atoms with Crippen molar-refractivity contribution in [2.75, 3.05) is 5.32 Å². The summed E-state index contributed by atoms with van der Waals surface area (Å²) in [4.78, 5) is 30.1. The van der Waals surface area contributed by atoms with Crippen LogP contribution in [-0.2, 0) is 16.1 Å². The Bertz CT molecular complexity index is 1410. The fraction of sp³-hybridized carbons (Fsp3) is 0.208. The Balaban J connectivity index is 1.57. The lowest BCUT2D eigenvalue weighted by Gasteiger charge is -2.17. The van der Waals surface area contributed by atoms with Gasteiger partial charge in [-0.15, -0.1) is 0 Å². The normalized spacial score (nSPS) is 21.4. The van der Waals surface area contributed by atoms with Crippen molar-refractivity contribution < 1.29 is 19.7 Å². The van der Waals surface area contributed by atoms with Crippen molar-refractivity contribution in [3.05, 3.63) is 78.5 Å². The van der Waals surface area contributed by atoms with Gasteiger partial charge < -0.3 is 25.6 Å². The predicted octanol–water partition coefficient (Wildman–Crippen LogP) is 2.03. The molecule has 184 valence electrons. The van der Waals surface area contributed by atoms with Crippen molar-refractivity contribution in [2.45, 2.75) is 31.1 Å². The number of aromatic nitrogens is 5. The highest BCUT2D eigenvalue weighted by Gasteiger charge is 2.47. The van der Waals surface area contributed by atoms with Gasteiger partial charge in [-0.1, -0.05) is 48.5 Å². The highest BCUT2D eigenvalue weighted by Crippen LogP contribution is 2.34. The molecule has 1 amide bonds. The fourth-order valence-corrected chi connectivity index (χ4v) is 4.13. The molecule has 1 saturated heterocycles. The number of hydrogen-bond acceptors (Lipinski definition) is 9. The number of anilines is 1. The van der Waals surface area contributed by atoms with Crippen LogP contribution >= 0.6 is 11.6 Å². The minimum absolute atomic E-state index is 0.309. The van der Waals surface area contributed by atoms with Crippen molar-refractivity contribution in [2.24, 2.45) is 0 Å². The first-order chi connectivity index (χ1) is 17.5. The standard InChI is InChI=1S/C24H22ClN7O4/c1-2-27-23(35)19-17(33)18(34)24(36-19)32-12-29-16-21(28-9-13-6-4-3-5-7-13)30-20(31-22(16)32)14-8-15(25)11-26-10-14/h2-8,10-12,17-19,24,33-34H,1,9H2,(H,27,35)(H,28,30,31)/t17-,18+,19-,24+/m0/s1. The van der Waals surface area contributed by atoms with Gasteiger partial charge in [0.05, 0.1) is 11.3 Å². The quantitative estimate of drug-likeness (QED) is 0.295. The average Bonchev–Trinajstić information content (AvgIpc) is 3.44. The van der Waals surface area contributed by atoms with Crippen LogP contribution in [0.1, 0.15) is 11.8 Å². The molecule has 5 rings (SSSR count). The van der Waals surface area contributed by atoms with Gasteiger partial charge in [0.15, 0.2) is 35.1 Å². The molecule has 0 saturated carbocycles. The molecule has 1 aliphatic heterocycles. The highest BCUT2D eigenvalue weighted by molar-refractivity contribution is 6.30. The first-order valence-electron chi connectivity index (χ1n) is 11.0. The topological polar surface area (TPSA) is 147 Å². The summed E-state index contributed by atoms with van der Waals surface area (Å²) in [5.41, 5.74) is 2.32. The van der Waals surface area contributed by atoms with Gasteiger partial charge in [0.1, 0.15) is 12.2 Å². The maximum absolute atomic E-state index is 12.3. The first-order valence-corrected chi connectivity index (χ1v) is 11.4. The van der Waals surface area contributed by atoms with E-state index in [-0.39, 0.29) is 0 Å². The maximum atomic E-state index is 12.3. The molecule has 4 N–H and O–H groups in total. The lowest BCUT2D eigenvalue weighted by molar-refractivity contribution is -0.136. The Morgan fingerprint density at radius 2 is 2.00 bits per heavy atom. The molecule has 0 spiro atoms. The van der Waals surface area contributed by atoms with E-state index in [0.717, 1.165) is 5.56 Å². The average molecular weight is 508 g/mol. The summed E-state index contributed by atoms with van der Waals surface area (Å²) >= 11 is 6.14. The van der Waals surface area contributed by atoms with Crippen molar-refractivity contribution in [3.8, 4) is 11.4 Å². The van der Waals surface area contributed by atoms with Crippen molar-refractivity contribution in [1.29, 1.82) is 0 Å². The fourth-order valence-electron chi connectivity index (χ4n) is 3.96. The van der Waals surface area contributed by atoms with Crippen molar-refractivity contribution >= 4 is 34.5 Å². The third-order valence-corrected chi connectivity index (χ3v) is 5.91. The number of benzene rings is 1. The lowest BCUT2D eigenvalue weighted by atomic mass is 10.1. The Hall–Kier alpha value is -3.90. The van der Waals surface area contributed by atoms with Crippen LogP contribution in [-0.4, -0.2) is 58.9 Å². The van der Waals surface area contributed by atoms with Crippen LogP contribution in [0.25, 0.3) is 22.6 Å². The van der Waals surface area contributed by atoms with E-state index in [2.05, 4.69) is 37.1 Å². The Morgan fingerprint density at radius 1 is 1.19 bits per heavy atom. The number of halogens is 1. The summed E-state index contributed by atoms with van der Waals surface area (Å²) in [5, 5.41) is 27.2. The SMILES string of the molecule is C=CNC(=O)[C@H]1O[C@@H](n2cnc3c(NCc4ccccc4)nc(-c4cncc(Cl)c4)nc32)[C@H](O)[C@@H]1O. The third-order valence-electron chi connectivity index (χ3n) is 5.70. The number of aliphatic hydroxyl groups excluding tert-OH is 2. The number of amides is 1. The number of nitrogens with one attached hydrogen (secondary N) is 2. The second-order valence-electron chi connectivity index (χ2n) is 8.09. The van der Waals surface area contributed by atoms with Crippen molar-refractivity contribution in [1.82, 2.24) is 29.8 Å². The lowest BCUT2D eigenvalue weighted by Crippen LogP contribution is -2.40. The number of aliphatic hydroxyl groups is 2. The zero-order valence-corrected chi connectivity index (χ0v) is 19.6. The molecule has 12 heteroatoms. The molecule has 4 heterocycles. The van der Waals surface area contributed by atoms with Gasteiger partial charge in [0.25, 0.3) is 5.91 Å². The molecular formula is C24H22ClN7O4. The second-order valence-corrected chi connectivity index (χ2v) is 8.53.